The zero-order valence-electron chi connectivity index (χ0n) is 14.7. The average molecular weight is 446 g/mol. The van der Waals surface area contributed by atoms with Gasteiger partial charge in [-0.25, -0.2) is 14.4 Å². The molecule has 0 fully saturated rings. The molecule has 0 aliphatic rings. The van der Waals surface area contributed by atoms with E-state index in [1.807, 2.05) is 17.5 Å². The number of aromatic nitrogens is 2. The molecule has 29 heavy (non-hydrogen) atoms. The Balaban J connectivity index is 1.62. The van der Waals surface area contributed by atoms with E-state index in [9.17, 15) is 12.8 Å². The van der Waals surface area contributed by atoms with Gasteiger partial charge in [0.25, 0.3) is 10.0 Å². The van der Waals surface area contributed by atoms with E-state index in [0.717, 1.165) is 27.8 Å². The molecule has 0 saturated carbocycles. The molecule has 146 valence electrons. The normalized spacial score (nSPS) is 11.4. The molecule has 2 heterocycles. The molecule has 0 unspecified atom stereocenters. The third kappa shape index (κ3) is 4.14. The Labute approximate surface area is 175 Å². The quantitative estimate of drug-likeness (QED) is 0.442. The molecule has 0 amide bonds. The van der Waals surface area contributed by atoms with E-state index < -0.39 is 20.9 Å². The van der Waals surface area contributed by atoms with Gasteiger partial charge in [0.1, 0.15) is 5.01 Å². The number of sulfonamides is 1. The van der Waals surface area contributed by atoms with Gasteiger partial charge in [0.15, 0.2) is 5.82 Å². The highest BCUT2D eigenvalue weighted by Gasteiger charge is 2.20. The minimum absolute atomic E-state index is 0.283. The molecular formula is C20H13ClFN3O2S2. The molecule has 2 aromatic carbocycles. The maximum atomic E-state index is 13.8. The highest BCUT2D eigenvalue weighted by Crippen LogP contribution is 2.34. The first-order valence-corrected chi connectivity index (χ1v) is 11.1. The number of anilines is 1. The largest absolute Gasteiger partial charge is 0.282 e. The smallest absolute Gasteiger partial charge is 0.278 e. The van der Waals surface area contributed by atoms with E-state index in [4.69, 9.17) is 11.6 Å². The standard InChI is InChI=1S/C20H13ClFN3O2S2/c21-17-8-5-14(19-23-10-11-28-19)12-16(17)13-3-6-15(7-4-13)25-29(26,27)20-18(22)2-1-9-24-20/h1-12,25H. The van der Waals surface area contributed by atoms with Gasteiger partial charge in [-0.05, 0) is 42.0 Å². The predicted molar refractivity (Wildman–Crippen MR) is 113 cm³/mol. The lowest BCUT2D eigenvalue weighted by atomic mass is 10.0. The van der Waals surface area contributed by atoms with Crippen LogP contribution in [0.15, 0.2) is 77.4 Å². The SMILES string of the molecule is O=S(=O)(Nc1ccc(-c2cc(-c3nccs3)ccc2Cl)cc1)c1ncccc1F. The van der Waals surface area contributed by atoms with Crippen LogP contribution in [0.5, 0.6) is 0 Å². The van der Waals surface area contributed by atoms with E-state index >= 15 is 0 Å². The van der Waals surface area contributed by atoms with Gasteiger partial charge in [-0.15, -0.1) is 11.3 Å². The Bertz CT molecular complexity index is 1260. The van der Waals surface area contributed by atoms with E-state index in [1.165, 1.54) is 23.6 Å². The van der Waals surface area contributed by atoms with Crippen LogP contribution in [0.2, 0.25) is 5.02 Å². The number of nitrogens with one attached hydrogen (secondary N) is 1. The van der Waals surface area contributed by atoms with Crippen LogP contribution >= 0.6 is 22.9 Å². The molecule has 0 aliphatic carbocycles. The van der Waals surface area contributed by atoms with E-state index in [0.29, 0.717) is 5.02 Å². The summed E-state index contributed by atoms with van der Waals surface area (Å²) >= 11 is 7.88. The molecule has 0 aliphatic heterocycles. The number of rotatable bonds is 5. The zero-order chi connectivity index (χ0) is 20.4. The van der Waals surface area contributed by atoms with Gasteiger partial charge in [0.2, 0.25) is 5.03 Å². The Morgan fingerprint density at radius 2 is 1.72 bits per heavy atom. The molecule has 4 rings (SSSR count). The third-order valence-corrected chi connectivity index (χ3v) is 6.54. The molecule has 0 bridgehead atoms. The molecule has 0 radical (unpaired) electrons. The first kappa shape index (κ1) is 19.5. The summed E-state index contributed by atoms with van der Waals surface area (Å²) in [5, 5.41) is 2.69. The lowest BCUT2D eigenvalue weighted by Crippen LogP contribution is -2.16. The number of hydrogen-bond donors (Lipinski definition) is 1. The Morgan fingerprint density at radius 1 is 0.966 bits per heavy atom. The van der Waals surface area contributed by atoms with Gasteiger partial charge < -0.3 is 0 Å². The second kappa shape index (κ2) is 7.90. The van der Waals surface area contributed by atoms with Crippen molar-refractivity contribution in [1.82, 2.24) is 9.97 Å². The van der Waals surface area contributed by atoms with Crippen molar-refractivity contribution in [2.45, 2.75) is 5.03 Å². The number of benzene rings is 2. The number of thiazole rings is 1. The first-order valence-electron chi connectivity index (χ1n) is 8.37. The van der Waals surface area contributed by atoms with Crippen molar-refractivity contribution in [3.63, 3.8) is 0 Å². The predicted octanol–water partition coefficient (Wildman–Crippen LogP) is 5.47. The summed E-state index contributed by atoms with van der Waals surface area (Å²) in [6, 6.07) is 14.6. The summed E-state index contributed by atoms with van der Waals surface area (Å²) in [4.78, 5) is 7.91. The number of nitrogens with zero attached hydrogens (tertiary/aromatic N) is 2. The molecule has 2 aromatic heterocycles. The fourth-order valence-corrected chi connectivity index (χ4v) is 4.67. The topological polar surface area (TPSA) is 72.0 Å². The zero-order valence-corrected chi connectivity index (χ0v) is 17.1. The van der Waals surface area contributed by atoms with Crippen LogP contribution in [-0.2, 0) is 10.0 Å². The summed E-state index contributed by atoms with van der Waals surface area (Å²) in [5.74, 6) is -0.914. The van der Waals surface area contributed by atoms with Gasteiger partial charge in [-0.2, -0.15) is 8.42 Å². The average Bonchev–Trinajstić information content (AvgIpc) is 3.24. The lowest BCUT2D eigenvalue weighted by molar-refractivity contribution is 0.557. The maximum absolute atomic E-state index is 13.8. The van der Waals surface area contributed by atoms with Gasteiger partial charge in [0.05, 0.1) is 0 Å². The lowest BCUT2D eigenvalue weighted by Gasteiger charge is -2.10. The molecule has 0 saturated heterocycles. The molecule has 5 nitrogen and oxygen atoms in total. The summed E-state index contributed by atoms with van der Waals surface area (Å²) < 4.78 is 40.8. The van der Waals surface area contributed by atoms with Crippen molar-refractivity contribution >= 4 is 38.6 Å². The number of halogens is 2. The van der Waals surface area contributed by atoms with Gasteiger partial charge >= 0.3 is 0 Å². The van der Waals surface area contributed by atoms with Crippen molar-refractivity contribution in [2.24, 2.45) is 0 Å². The summed E-state index contributed by atoms with van der Waals surface area (Å²) in [6.45, 7) is 0. The summed E-state index contributed by atoms with van der Waals surface area (Å²) in [6.07, 6.45) is 2.96. The number of pyridine rings is 1. The fraction of sp³-hybridized carbons (Fsp3) is 0. The van der Waals surface area contributed by atoms with Crippen molar-refractivity contribution in [1.29, 1.82) is 0 Å². The molecule has 9 heteroatoms. The highest BCUT2D eigenvalue weighted by molar-refractivity contribution is 7.92. The second-order valence-corrected chi connectivity index (χ2v) is 8.90. The second-order valence-electron chi connectivity index (χ2n) is 6.01. The van der Waals surface area contributed by atoms with E-state index in [-0.39, 0.29) is 5.69 Å². The molecular weight excluding hydrogens is 433 g/mol. The molecule has 4 aromatic rings. The Hall–Kier alpha value is -2.81. The van der Waals surface area contributed by atoms with Crippen LogP contribution in [-0.4, -0.2) is 18.4 Å². The van der Waals surface area contributed by atoms with Crippen LogP contribution in [0.4, 0.5) is 10.1 Å². The van der Waals surface area contributed by atoms with Gasteiger partial charge in [-0.3, -0.25) is 4.72 Å². The fourth-order valence-electron chi connectivity index (χ4n) is 2.74. The summed E-state index contributed by atoms with van der Waals surface area (Å²) in [5.41, 5.74) is 2.82. The monoisotopic (exact) mass is 445 g/mol. The molecule has 0 spiro atoms. The minimum Gasteiger partial charge on any atom is -0.278 e. The number of hydrogen-bond acceptors (Lipinski definition) is 5. The van der Waals surface area contributed by atoms with Crippen LogP contribution in [0.3, 0.4) is 0 Å². The minimum atomic E-state index is -4.14. The van der Waals surface area contributed by atoms with Gasteiger partial charge in [-0.1, -0.05) is 29.8 Å². The first-order chi connectivity index (χ1) is 13.9. The van der Waals surface area contributed by atoms with Crippen LogP contribution in [0, 0.1) is 5.82 Å². The van der Waals surface area contributed by atoms with Crippen LogP contribution in [0.25, 0.3) is 21.7 Å². The van der Waals surface area contributed by atoms with Crippen LogP contribution in [0.1, 0.15) is 0 Å². The van der Waals surface area contributed by atoms with Crippen LogP contribution < -0.4 is 4.72 Å². The highest BCUT2D eigenvalue weighted by atomic mass is 35.5. The van der Waals surface area contributed by atoms with Crippen molar-refractivity contribution in [3.8, 4) is 21.7 Å². The molecule has 0 atom stereocenters. The Morgan fingerprint density at radius 3 is 2.41 bits per heavy atom. The van der Waals surface area contributed by atoms with E-state index in [1.54, 1.807) is 36.5 Å². The maximum Gasteiger partial charge on any atom is 0.282 e. The third-order valence-electron chi connectivity index (χ3n) is 4.07. The van der Waals surface area contributed by atoms with Crippen molar-refractivity contribution < 1.29 is 12.8 Å². The van der Waals surface area contributed by atoms with E-state index in [2.05, 4.69) is 14.7 Å². The van der Waals surface area contributed by atoms with Crippen molar-refractivity contribution in [2.75, 3.05) is 4.72 Å². The Kier molecular flexibility index (Phi) is 5.31. The van der Waals surface area contributed by atoms with Crippen molar-refractivity contribution in [3.05, 3.63) is 83.2 Å². The summed E-state index contributed by atoms with van der Waals surface area (Å²) in [7, 11) is -4.14. The van der Waals surface area contributed by atoms with Gasteiger partial charge in [0, 0.05) is 39.6 Å². The molecule has 1 N–H and O–H groups in total.